The minimum Gasteiger partial charge on any atom is -0.399 e. The van der Waals surface area contributed by atoms with E-state index in [1.54, 1.807) is 28.0 Å². The number of nitrogens with zero attached hydrogens (tertiary/aromatic N) is 2. The highest BCUT2D eigenvalue weighted by molar-refractivity contribution is 5.85. The number of para-hydroxylation sites is 1. The fourth-order valence-electron chi connectivity index (χ4n) is 3.28. The van der Waals surface area contributed by atoms with Crippen molar-refractivity contribution in [3.8, 4) is 0 Å². The van der Waals surface area contributed by atoms with Crippen LogP contribution in [-0.2, 0) is 22.4 Å². The Kier molecular flexibility index (Phi) is 7.81. The molecule has 0 aliphatic carbocycles. The summed E-state index contributed by atoms with van der Waals surface area (Å²) in [5.41, 5.74) is 8.00. The molecule has 2 aromatic rings. The van der Waals surface area contributed by atoms with Gasteiger partial charge in [0.1, 0.15) is 5.82 Å². The quantitative estimate of drug-likeness (QED) is 0.778. The van der Waals surface area contributed by atoms with Crippen LogP contribution < -0.4 is 5.73 Å². The van der Waals surface area contributed by atoms with Crippen molar-refractivity contribution in [3.63, 3.8) is 0 Å². The summed E-state index contributed by atoms with van der Waals surface area (Å²) in [7, 11) is 0. The smallest absolute Gasteiger partial charge is 0.227 e. The van der Waals surface area contributed by atoms with E-state index >= 15 is 0 Å². The van der Waals surface area contributed by atoms with Gasteiger partial charge in [0.2, 0.25) is 11.8 Å². The number of piperazine rings is 1. The van der Waals surface area contributed by atoms with Crippen LogP contribution >= 0.6 is 12.4 Å². The second-order valence-corrected chi connectivity index (χ2v) is 6.73. The largest absolute Gasteiger partial charge is 0.399 e. The molecule has 1 heterocycles. The molecule has 0 unspecified atom stereocenters. The van der Waals surface area contributed by atoms with Crippen LogP contribution in [0.1, 0.15) is 17.5 Å². The average Bonchev–Trinajstić information content (AvgIpc) is 2.69. The van der Waals surface area contributed by atoms with E-state index in [1.165, 1.54) is 6.07 Å². The molecule has 5 nitrogen and oxygen atoms in total. The van der Waals surface area contributed by atoms with Crippen molar-refractivity contribution in [2.45, 2.75) is 19.3 Å². The molecule has 2 aromatic carbocycles. The van der Waals surface area contributed by atoms with Crippen LogP contribution in [0.2, 0.25) is 0 Å². The lowest BCUT2D eigenvalue weighted by Crippen LogP contribution is -2.51. The highest BCUT2D eigenvalue weighted by atomic mass is 35.5. The SMILES string of the molecule is Cl.Nc1ccccc1CCC(=O)N1CCN(C(=O)Cc2ccccc2F)CC1. The van der Waals surface area contributed by atoms with Crippen molar-refractivity contribution in [1.29, 1.82) is 0 Å². The van der Waals surface area contributed by atoms with Crippen LogP contribution in [0.3, 0.4) is 0 Å². The molecule has 0 aromatic heterocycles. The van der Waals surface area contributed by atoms with Gasteiger partial charge in [-0.2, -0.15) is 0 Å². The van der Waals surface area contributed by atoms with Gasteiger partial charge in [-0.15, -0.1) is 12.4 Å². The Morgan fingerprint density at radius 2 is 1.39 bits per heavy atom. The maximum Gasteiger partial charge on any atom is 0.227 e. The lowest BCUT2D eigenvalue weighted by atomic mass is 10.1. The lowest BCUT2D eigenvalue weighted by molar-refractivity contribution is -0.139. The Labute approximate surface area is 170 Å². The molecule has 0 saturated carbocycles. The van der Waals surface area contributed by atoms with Crippen molar-refractivity contribution < 1.29 is 14.0 Å². The molecule has 1 fully saturated rings. The molecule has 7 heteroatoms. The number of carbonyl (C=O) groups excluding carboxylic acids is 2. The molecule has 1 saturated heterocycles. The summed E-state index contributed by atoms with van der Waals surface area (Å²) < 4.78 is 13.7. The molecule has 0 bridgehead atoms. The van der Waals surface area contributed by atoms with Gasteiger partial charge in [0.15, 0.2) is 0 Å². The van der Waals surface area contributed by atoms with Crippen LogP contribution in [0.5, 0.6) is 0 Å². The number of hydrogen-bond acceptors (Lipinski definition) is 3. The van der Waals surface area contributed by atoms with Gasteiger partial charge in [0.25, 0.3) is 0 Å². The lowest BCUT2D eigenvalue weighted by Gasteiger charge is -2.35. The number of benzene rings is 2. The number of rotatable bonds is 5. The Balaban J connectivity index is 0.00000280. The van der Waals surface area contributed by atoms with Gasteiger partial charge in [0, 0.05) is 38.3 Å². The Morgan fingerprint density at radius 3 is 2.00 bits per heavy atom. The highest BCUT2D eigenvalue weighted by Gasteiger charge is 2.24. The van der Waals surface area contributed by atoms with Gasteiger partial charge in [0.05, 0.1) is 6.42 Å². The minimum atomic E-state index is -0.361. The second kappa shape index (κ2) is 10.1. The third-order valence-electron chi connectivity index (χ3n) is 4.95. The predicted octanol–water partition coefficient (Wildman–Crippen LogP) is 2.68. The molecule has 2 amide bonds. The van der Waals surface area contributed by atoms with E-state index in [4.69, 9.17) is 5.73 Å². The van der Waals surface area contributed by atoms with Gasteiger partial charge >= 0.3 is 0 Å². The summed E-state index contributed by atoms with van der Waals surface area (Å²) in [6.07, 6.45) is 1.06. The first-order chi connectivity index (χ1) is 13.0. The predicted molar refractivity (Wildman–Crippen MR) is 110 cm³/mol. The van der Waals surface area contributed by atoms with Gasteiger partial charge in [-0.05, 0) is 29.7 Å². The van der Waals surface area contributed by atoms with Crippen LogP contribution in [0.25, 0.3) is 0 Å². The minimum absolute atomic E-state index is 0. The van der Waals surface area contributed by atoms with E-state index in [0.29, 0.717) is 50.3 Å². The Hall–Kier alpha value is -2.60. The first kappa shape index (κ1) is 21.7. The molecule has 3 rings (SSSR count). The van der Waals surface area contributed by atoms with E-state index in [0.717, 1.165) is 5.56 Å². The monoisotopic (exact) mass is 405 g/mol. The van der Waals surface area contributed by atoms with E-state index < -0.39 is 0 Å². The summed E-state index contributed by atoms with van der Waals surface area (Å²) in [5.74, 6) is -0.399. The Bertz CT molecular complexity index is 823. The fourth-order valence-corrected chi connectivity index (χ4v) is 3.28. The standard InChI is InChI=1S/C21H24FN3O2.ClH/c22-18-7-3-1-6-17(18)15-21(27)25-13-11-24(12-14-25)20(26)10-9-16-5-2-4-8-19(16)23;/h1-8H,9-15,23H2;1H. The fraction of sp³-hybridized carbons (Fsp3) is 0.333. The molecular formula is C21H25ClFN3O2. The Morgan fingerprint density at radius 1 is 0.857 bits per heavy atom. The maximum absolute atomic E-state index is 13.7. The van der Waals surface area contributed by atoms with Crippen molar-refractivity contribution >= 4 is 29.9 Å². The number of nitrogens with two attached hydrogens (primary N) is 1. The van der Waals surface area contributed by atoms with E-state index in [1.807, 2.05) is 24.3 Å². The zero-order valence-electron chi connectivity index (χ0n) is 15.6. The molecular weight excluding hydrogens is 381 g/mol. The maximum atomic E-state index is 13.7. The number of amides is 2. The number of anilines is 1. The van der Waals surface area contributed by atoms with Gasteiger partial charge < -0.3 is 15.5 Å². The summed E-state index contributed by atoms with van der Waals surface area (Å²) in [6, 6.07) is 13.9. The third-order valence-corrected chi connectivity index (χ3v) is 4.95. The van der Waals surface area contributed by atoms with Crippen LogP contribution in [0.4, 0.5) is 10.1 Å². The molecule has 0 atom stereocenters. The second-order valence-electron chi connectivity index (χ2n) is 6.73. The number of carbonyl (C=O) groups is 2. The average molecular weight is 406 g/mol. The number of hydrogen-bond donors (Lipinski definition) is 1. The van der Waals surface area contributed by atoms with Gasteiger partial charge in [-0.1, -0.05) is 36.4 Å². The molecule has 0 spiro atoms. The molecule has 2 N–H and O–H groups in total. The van der Waals surface area contributed by atoms with Crippen molar-refractivity contribution in [2.75, 3.05) is 31.9 Å². The summed E-state index contributed by atoms with van der Waals surface area (Å²) in [4.78, 5) is 28.3. The zero-order valence-corrected chi connectivity index (χ0v) is 16.5. The van der Waals surface area contributed by atoms with Crippen molar-refractivity contribution in [3.05, 3.63) is 65.5 Å². The highest BCUT2D eigenvalue weighted by Crippen LogP contribution is 2.15. The van der Waals surface area contributed by atoms with Crippen LogP contribution in [-0.4, -0.2) is 47.8 Å². The van der Waals surface area contributed by atoms with E-state index in [9.17, 15) is 14.0 Å². The molecule has 1 aliphatic rings. The topological polar surface area (TPSA) is 66.6 Å². The molecule has 1 aliphatic heterocycles. The van der Waals surface area contributed by atoms with Crippen LogP contribution in [0, 0.1) is 5.82 Å². The summed E-state index contributed by atoms with van der Waals surface area (Å²) in [6.45, 7) is 1.97. The molecule has 150 valence electrons. The number of aryl methyl sites for hydroxylation is 1. The van der Waals surface area contributed by atoms with Gasteiger partial charge in [-0.3, -0.25) is 9.59 Å². The van der Waals surface area contributed by atoms with Crippen molar-refractivity contribution in [1.82, 2.24) is 9.80 Å². The molecule has 0 radical (unpaired) electrons. The first-order valence-corrected chi connectivity index (χ1v) is 9.17. The third kappa shape index (κ3) is 5.45. The number of halogens is 2. The van der Waals surface area contributed by atoms with E-state index in [2.05, 4.69) is 0 Å². The summed E-state index contributed by atoms with van der Waals surface area (Å²) >= 11 is 0. The zero-order chi connectivity index (χ0) is 19.2. The van der Waals surface area contributed by atoms with E-state index in [-0.39, 0.29) is 36.5 Å². The first-order valence-electron chi connectivity index (χ1n) is 9.17. The normalized spacial score (nSPS) is 13.8. The summed E-state index contributed by atoms with van der Waals surface area (Å²) in [5, 5.41) is 0. The molecule has 28 heavy (non-hydrogen) atoms. The van der Waals surface area contributed by atoms with Crippen molar-refractivity contribution in [2.24, 2.45) is 0 Å². The van der Waals surface area contributed by atoms with Crippen LogP contribution in [0.15, 0.2) is 48.5 Å². The number of nitrogen functional groups attached to an aromatic ring is 1. The van der Waals surface area contributed by atoms with Gasteiger partial charge in [-0.25, -0.2) is 4.39 Å².